The van der Waals surface area contributed by atoms with E-state index < -0.39 is 12.0 Å². The Labute approximate surface area is 101 Å². The first-order valence-corrected chi connectivity index (χ1v) is 5.80. The van der Waals surface area contributed by atoms with Crippen LogP contribution in [0.15, 0.2) is 0 Å². The fourth-order valence-electron chi connectivity index (χ4n) is 2.11. The maximum Gasteiger partial charge on any atom is 0.327 e. The van der Waals surface area contributed by atoms with Crippen LogP contribution in [0.5, 0.6) is 0 Å². The third-order valence-electron chi connectivity index (χ3n) is 3.11. The summed E-state index contributed by atoms with van der Waals surface area (Å²) in [4.78, 5) is 23.8. The highest BCUT2D eigenvalue weighted by atomic mass is 16.4. The van der Waals surface area contributed by atoms with Crippen LogP contribution in [0.25, 0.3) is 0 Å². The number of rotatable bonds is 5. The summed E-state index contributed by atoms with van der Waals surface area (Å²) in [6.07, 6.45) is 0.494. The number of nitrogens with one attached hydrogen (secondary N) is 1. The molecule has 1 rings (SSSR count). The molecule has 0 bridgehead atoms. The number of carboxylic acids is 1. The summed E-state index contributed by atoms with van der Waals surface area (Å²) in [5.74, 6) is -1.17. The number of hydrogen-bond acceptors (Lipinski definition) is 4. The van der Waals surface area contributed by atoms with Gasteiger partial charge in [-0.2, -0.15) is 0 Å². The average molecular weight is 244 g/mol. The van der Waals surface area contributed by atoms with Gasteiger partial charge in [-0.1, -0.05) is 0 Å². The zero-order chi connectivity index (χ0) is 13.0. The fourth-order valence-corrected chi connectivity index (χ4v) is 2.11. The Hall–Kier alpha value is -1.14. The fraction of sp³-hybridized carbons (Fsp3) is 0.818. The number of amides is 1. The molecule has 98 valence electrons. The Bertz CT molecular complexity index is 293. The minimum Gasteiger partial charge on any atom is -0.480 e. The minimum absolute atomic E-state index is 0.196. The van der Waals surface area contributed by atoms with E-state index in [0.29, 0.717) is 6.54 Å². The van der Waals surface area contributed by atoms with Gasteiger partial charge in [-0.25, -0.2) is 4.79 Å². The molecule has 0 spiro atoms. The van der Waals surface area contributed by atoms with Crippen LogP contribution in [0.2, 0.25) is 0 Å². The summed E-state index contributed by atoms with van der Waals surface area (Å²) in [5.41, 5.74) is 0. The zero-order valence-corrected chi connectivity index (χ0v) is 10.2. The van der Waals surface area contributed by atoms with E-state index in [1.54, 1.807) is 6.92 Å². The van der Waals surface area contributed by atoms with Crippen LogP contribution in [-0.4, -0.2) is 58.8 Å². The molecule has 3 unspecified atom stereocenters. The van der Waals surface area contributed by atoms with E-state index in [0.717, 1.165) is 13.0 Å². The number of hydrogen-bond donors (Lipinski definition) is 3. The number of carbonyl (C=O) groups excluding carboxylic acids is 1. The maximum atomic E-state index is 10.9. The monoisotopic (exact) mass is 244 g/mol. The lowest BCUT2D eigenvalue weighted by molar-refractivity contribution is -0.142. The number of aliphatic carboxylic acids is 1. The van der Waals surface area contributed by atoms with Gasteiger partial charge in [0.1, 0.15) is 6.04 Å². The highest BCUT2D eigenvalue weighted by Gasteiger charge is 2.29. The highest BCUT2D eigenvalue weighted by Crippen LogP contribution is 2.19. The van der Waals surface area contributed by atoms with E-state index in [1.807, 2.05) is 4.90 Å². The summed E-state index contributed by atoms with van der Waals surface area (Å²) < 4.78 is 0. The van der Waals surface area contributed by atoms with Crippen molar-refractivity contribution in [2.45, 2.75) is 32.4 Å². The number of carbonyl (C=O) groups is 2. The van der Waals surface area contributed by atoms with Gasteiger partial charge in [0, 0.05) is 20.0 Å². The summed E-state index contributed by atoms with van der Waals surface area (Å²) in [5, 5.41) is 20.8. The Balaban J connectivity index is 2.46. The average Bonchev–Trinajstić information content (AvgIpc) is 2.64. The molecule has 0 aromatic heterocycles. The van der Waals surface area contributed by atoms with Crippen LogP contribution >= 0.6 is 0 Å². The number of aliphatic hydroxyl groups is 1. The molecule has 1 heterocycles. The van der Waals surface area contributed by atoms with Crippen LogP contribution in [0.4, 0.5) is 0 Å². The second kappa shape index (κ2) is 5.97. The molecule has 0 aliphatic carbocycles. The molecule has 3 atom stereocenters. The largest absolute Gasteiger partial charge is 0.480 e. The van der Waals surface area contributed by atoms with Gasteiger partial charge in [-0.05, 0) is 25.8 Å². The van der Waals surface area contributed by atoms with Crippen LogP contribution in [0.3, 0.4) is 0 Å². The predicted molar refractivity (Wildman–Crippen MR) is 61.5 cm³/mol. The molecule has 0 radical (unpaired) electrons. The van der Waals surface area contributed by atoms with Gasteiger partial charge < -0.3 is 20.4 Å². The zero-order valence-electron chi connectivity index (χ0n) is 10.2. The first-order chi connectivity index (χ1) is 7.90. The van der Waals surface area contributed by atoms with Crippen molar-refractivity contribution in [2.75, 3.05) is 19.6 Å². The molecular weight excluding hydrogens is 224 g/mol. The van der Waals surface area contributed by atoms with Gasteiger partial charge in [-0.3, -0.25) is 4.79 Å². The first-order valence-electron chi connectivity index (χ1n) is 5.80. The Morgan fingerprint density at radius 2 is 2.18 bits per heavy atom. The number of carboxylic acid groups (broad SMARTS) is 1. The number of likely N-dealkylation sites (tertiary alicyclic amines) is 1. The van der Waals surface area contributed by atoms with Crippen LogP contribution in [-0.2, 0) is 9.59 Å². The number of nitrogens with zero attached hydrogens (tertiary/aromatic N) is 1. The van der Waals surface area contributed by atoms with E-state index in [-0.39, 0.29) is 24.5 Å². The van der Waals surface area contributed by atoms with Crippen molar-refractivity contribution in [2.24, 2.45) is 5.92 Å². The Kier molecular flexibility index (Phi) is 4.89. The second-order valence-corrected chi connectivity index (χ2v) is 4.64. The smallest absolute Gasteiger partial charge is 0.327 e. The van der Waals surface area contributed by atoms with E-state index in [2.05, 4.69) is 5.32 Å². The second-order valence-electron chi connectivity index (χ2n) is 4.64. The van der Waals surface area contributed by atoms with Crippen LogP contribution < -0.4 is 5.32 Å². The predicted octanol–water partition coefficient (Wildman–Crippen LogP) is -0.722. The molecule has 1 aliphatic heterocycles. The van der Waals surface area contributed by atoms with Crippen molar-refractivity contribution in [3.05, 3.63) is 0 Å². The molecule has 1 fully saturated rings. The van der Waals surface area contributed by atoms with Gasteiger partial charge in [0.15, 0.2) is 0 Å². The lowest BCUT2D eigenvalue weighted by Crippen LogP contribution is -2.47. The molecular formula is C11H20N2O4. The molecule has 17 heavy (non-hydrogen) atoms. The molecule has 0 aromatic rings. The van der Waals surface area contributed by atoms with E-state index in [4.69, 9.17) is 5.11 Å². The molecule has 0 saturated carbocycles. The topological polar surface area (TPSA) is 89.9 Å². The lowest BCUT2D eigenvalue weighted by Gasteiger charge is -2.21. The summed E-state index contributed by atoms with van der Waals surface area (Å²) in [6, 6.07) is -0.875. The molecule has 0 aromatic carbocycles. The van der Waals surface area contributed by atoms with Crippen molar-refractivity contribution in [1.82, 2.24) is 10.2 Å². The standard InChI is InChI=1S/C11H20N2O4/c1-7(14)9-3-4-13(5-9)6-10(11(16)17)12-8(2)15/h7,9-10,14H,3-6H2,1-2H3,(H,12,15)(H,16,17). The Morgan fingerprint density at radius 3 is 2.59 bits per heavy atom. The van der Waals surface area contributed by atoms with E-state index in [1.165, 1.54) is 6.92 Å². The van der Waals surface area contributed by atoms with Crippen molar-refractivity contribution in [3.63, 3.8) is 0 Å². The maximum absolute atomic E-state index is 10.9. The first kappa shape index (κ1) is 13.9. The normalized spacial score (nSPS) is 24.3. The van der Waals surface area contributed by atoms with Gasteiger partial charge >= 0.3 is 5.97 Å². The summed E-state index contributed by atoms with van der Waals surface area (Å²) >= 11 is 0. The quantitative estimate of drug-likeness (QED) is 0.594. The molecule has 1 amide bonds. The van der Waals surface area contributed by atoms with Crippen molar-refractivity contribution < 1.29 is 19.8 Å². The Morgan fingerprint density at radius 1 is 1.53 bits per heavy atom. The summed E-state index contributed by atoms with van der Waals surface area (Å²) in [7, 11) is 0. The lowest BCUT2D eigenvalue weighted by atomic mass is 10.0. The van der Waals surface area contributed by atoms with Crippen molar-refractivity contribution in [1.29, 1.82) is 0 Å². The van der Waals surface area contributed by atoms with Gasteiger partial charge in [0.25, 0.3) is 0 Å². The van der Waals surface area contributed by atoms with Crippen LogP contribution in [0.1, 0.15) is 20.3 Å². The molecule has 6 nitrogen and oxygen atoms in total. The third kappa shape index (κ3) is 4.32. The summed E-state index contributed by atoms with van der Waals surface area (Å²) in [6.45, 7) is 4.79. The molecule has 6 heteroatoms. The van der Waals surface area contributed by atoms with Gasteiger partial charge in [0.2, 0.25) is 5.91 Å². The van der Waals surface area contributed by atoms with Crippen LogP contribution in [0, 0.1) is 5.92 Å². The highest BCUT2D eigenvalue weighted by molar-refractivity contribution is 5.82. The van der Waals surface area contributed by atoms with Crippen molar-refractivity contribution in [3.8, 4) is 0 Å². The molecule has 3 N–H and O–H groups in total. The minimum atomic E-state index is -1.03. The van der Waals surface area contributed by atoms with Crippen molar-refractivity contribution >= 4 is 11.9 Å². The SMILES string of the molecule is CC(=O)NC(CN1CCC(C(C)O)C1)C(=O)O. The van der Waals surface area contributed by atoms with E-state index in [9.17, 15) is 14.7 Å². The third-order valence-corrected chi connectivity index (χ3v) is 3.11. The molecule has 1 aliphatic rings. The van der Waals surface area contributed by atoms with E-state index >= 15 is 0 Å². The molecule has 1 saturated heterocycles. The van der Waals surface area contributed by atoms with Gasteiger partial charge in [-0.15, -0.1) is 0 Å². The van der Waals surface area contributed by atoms with Gasteiger partial charge in [0.05, 0.1) is 6.10 Å². The number of aliphatic hydroxyl groups excluding tert-OH is 1.